The van der Waals surface area contributed by atoms with E-state index in [9.17, 15) is 14.0 Å². The number of likely N-dealkylation sites (tertiary alicyclic amines) is 1. The summed E-state index contributed by atoms with van der Waals surface area (Å²) in [5.41, 5.74) is 0.804. The largest absolute Gasteiger partial charge is 0.348 e. The maximum atomic E-state index is 13.7. The van der Waals surface area contributed by atoms with Gasteiger partial charge in [0.2, 0.25) is 5.91 Å². The van der Waals surface area contributed by atoms with Crippen LogP contribution < -0.4 is 5.32 Å². The minimum Gasteiger partial charge on any atom is -0.348 e. The third-order valence-corrected chi connectivity index (χ3v) is 4.38. The van der Waals surface area contributed by atoms with E-state index in [1.54, 1.807) is 47.5 Å². The molecule has 3 rings (SSSR count). The van der Waals surface area contributed by atoms with E-state index in [0.717, 1.165) is 0 Å². The first-order valence-corrected chi connectivity index (χ1v) is 8.36. The van der Waals surface area contributed by atoms with Crippen molar-refractivity contribution in [2.24, 2.45) is 0 Å². The molecule has 2 amide bonds. The van der Waals surface area contributed by atoms with Gasteiger partial charge in [-0.05, 0) is 36.6 Å². The summed E-state index contributed by atoms with van der Waals surface area (Å²) in [6.07, 6.45) is 3.01. The van der Waals surface area contributed by atoms with Gasteiger partial charge in [0, 0.05) is 25.3 Å². The van der Waals surface area contributed by atoms with Gasteiger partial charge in [-0.15, -0.1) is 0 Å². The molecule has 0 spiro atoms. The van der Waals surface area contributed by atoms with E-state index in [4.69, 9.17) is 0 Å². The van der Waals surface area contributed by atoms with Crippen molar-refractivity contribution in [1.82, 2.24) is 15.2 Å². The van der Waals surface area contributed by atoms with Gasteiger partial charge in [0.15, 0.2) is 0 Å². The van der Waals surface area contributed by atoms with Crippen molar-refractivity contribution in [3.8, 4) is 0 Å². The van der Waals surface area contributed by atoms with Gasteiger partial charge >= 0.3 is 0 Å². The molecule has 130 valence electrons. The van der Waals surface area contributed by atoms with Crippen molar-refractivity contribution in [3.63, 3.8) is 0 Å². The third-order valence-electron chi connectivity index (χ3n) is 4.38. The van der Waals surface area contributed by atoms with Crippen molar-refractivity contribution in [2.45, 2.75) is 25.3 Å². The first-order valence-electron chi connectivity index (χ1n) is 8.36. The first kappa shape index (κ1) is 17.1. The van der Waals surface area contributed by atoms with Gasteiger partial charge in [-0.1, -0.05) is 24.3 Å². The second kappa shape index (κ2) is 7.88. The molecule has 0 radical (unpaired) electrons. The van der Waals surface area contributed by atoms with Crippen LogP contribution in [0.1, 0.15) is 28.9 Å². The van der Waals surface area contributed by atoms with Gasteiger partial charge in [-0.2, -0.15) is 0 Å². The molecule has 0 aliphatic carbocycles. The molecule has 0 atom stereocenters. The smallest absolute Gasteiger partial charge is 0.270 e. The Hall–Kier alpha value is -2.76. The monoisotopic (exact) mass is 341 g/mol. The van der Waals surface area contributed by atoms with E-state index in [1.807, 2.05) is 0 Å². The second-order valence-electron chi connectivity index (χ2n) is 6.11. The lowest BCUT2D eigenvalue weighted by atomic mass is 10.0. The number of nitrogens with one attached hydrogen (secondary N) is 1. The van der Waals surface area contributed by atoms with Crippen molar-refractivity contribution in [1.29, 1.82) is 0 Å². The average molecular weight is 341 g/mol. The predicted octanol–water partition coefficient (Wildman–Crippen LogP) is 2.18. The number of aromatic nitrogens is 1. The SMILES string of the molecule is O=C(NC1CCN(C(=O)Cc2ccccc2F)CC1)c1ccccn1. The van der Waals surface area contributed by atoms with Crippen LogP contribution in [-0.2, 0) is 11.2 Å². The standard InChI is InChI=1S/C19H20FN3O2/c20-16-6-2-1-5-14(16)13-18(24)23-11-8-15(9-12-23)22-19(25)17-7-3-4-10-21-17/h1-7,10,15H,8-9,11-13H2,(H,22,25). The molecule has 1 fully saturated rings. The van der Waals surface area contributed by atoms with Crippen LogP contribution in [0.4, 0.5) is 4.39 Å². The van der Waals surface area contributed by atoms with E-state index >= 15 is 0 Å². The summed E-state index contributed by atoms with van der Waals surface area (Å²) in [6, 6.07) is 11.6. The topological polar surface area (TPSA) is 62.3 Å². The Morgan fingerprint density at radius 1 is 1.12 bits per heavy atom. The number of amides is 2. The van der Waals surface area contributed by atoms with Crippen LogP contribution in [0.3, 0.4) is 0 Å². The Morgan fingerprint density at radius 2 is 1.84 bits per heavy atom. The van der Waals surface area contributed by atoms with E-state index in [2.05, 4.69) is 10.3 Å². The fourth-order valence-electron chi connectivity index (χ4n) is 2.95. The molecule has 1 aliphatic rings. The van der Waals surface area contributed by atoms with Crippen LogP contribution in [0.5, 0.6) is 0 Å². The molecule has 1 aromatic carbocycles. The van der Waals surface area contributed by atoms with Crippen molar-refractivity contribution in [3.05, 3.63) is 65.7 Å². The van der Waals surface area contributed by atoms with Crippen LogP contribution in [0.2, 0.25) is 0 Å². The summed E-state index contributed by atoms with van der Waals surface area (Å²) in [4.78, 5) is 30.2. The highest BCUT2D eigenvalue weighted by molar-refractivity contribution is 5.92. The molecule has 6 heteroatoms. The molecule has 2 aromatic rings. The van der Waals surface area contributed by atoms with E-state index in [-0.39, 0.29) is 30.1 Å². The van der Waals surface area contributed by atoms with Gasteiger partial charge in [0.1, 0.15) is 11.5 Å². The summed E-state index contributed by atoms with van der Waals surface area (Å²) in [5, 5.41) is 2.95. The molecule has 2 heterocycles. The molecule has 5 nitrogen and oxygen atoms in total. The van der Waals surface area contributed by atoms with Crippen molar-refractivity contribution < 1.29 is 14.0 Å². The van der Waals surface area contributed by atoms with Gasteiger partial charge < -0.3 is 10.2 Å². The summed E-state index contributed by atoms with van der Waals surface area (Å²) in [6.45, 7) is 1.11. The zero-order chi connectivity index (χ0) is 17.6. The van der Waals surface area contributed by atoms with Crippen LogP contribution in [0.15, 0.2) is 48.7 Å². The number of pyridine rings is 1. The summed E-state index contributed by atoms with van der Waals surface area (Å²) >= 11 is 0. The van der Waals surface area contributed by atoms with Gasteiger partial charge in [-0.25, -0.2) is 4.39 Å². The lowest BCUT2D eigenvalue weighted by Crippen LogP contribution is -2.47. The molecule has 25 heavy (non-hydrogen) atoms. The predicted molar refractivity (Wildman–Crippen MR) is 91.4 cm³/mol. The molecule has 1 N–H and O–H groups in total. The molecule has 1 aliphatic heterocycles. The summed E-state index contributed by atoms with van der Waals surface area (Å²) in [7, 11) is 0. The van der Waals surface area contributed by atoms with Gasteiger partial charge in [0.25, 0.3) is 5.91 Å². The van der Waals surface area contributed by atoms with E-state index < -0.39 is 0 Å². The Balaban J connectivity index is 1.49. The number of benzene rings is 1. The van der Waals surface area contributed by atoms with Crippen molar-refractivity contribution in [2.75, 3.05) is 13.1 Å². The maximum Gasteiger partial charge on any atom is 0.270 e. The Morgan fingerprint density at radius 3 is 2.52 bits per heavy atom. The summed E-state index contributed by atoms with van der Waals surface area (Å²) < 4.78 is 13.7. The highest BCUT2D eigenvalue weighted by Gasteiger charge is 2.24. The third kappa shape index (κ3) is 4.41. The number of hydrogen-bond acceptors (Lipinski definition) is 3. The minimum atomic E-state index is -0.353. The first-order chi connectivity index (χ1) is 12.1. The zero-order valence-corrected chi connectivity index (χ0v) is 13.8. The number of carbonyl (C=O) groups excluding carboxylic acids is 2. The molecular weight excluding hydrogens is 321 g/mol. The fraction of sp³-hybridized carbons (Fsp3) is 0.316. The van der Waals surface area contributed by atoms with E-state index in [1.165, 1.54) is 6.07 Å². The number of carbonyl (C=O) groups is 2. The number of piperidine rings is 1. The van der Waals surface area contributed by atoms with Crippen LogP contribution in [0.25, 0.3) is 0 Å². The van der Waals surface area contributed by atoms with E-state index in [0.29, 0.717) is 37.2 Å². The Bertz CT molecular complexity index is 743. The Kier molecular flexibility index (Phi) is 5.38. The highest BCUT2D eigenvalue weighted by Crippen LogP contribution is 2.14. The van der Waals surface area contributed by atoms with Gasteiger partial charge in [-0.3, -0.25) is 14.6 Å². The molecule has 1 aromatic heterocycles. The Labute approximate surface area is 145 Å². The zero-order valence-electron chi connectivity index (χ0n) is 13.8. The molecule has 1 saturated heterocycles. The molecular formula is C19H20FN3O2. The van der Waals surface area contributed by atoms with Gasteiger partial charge in [0.05, 0.1) is 6.42 Å². The normalized spacial score (nSPS) is 15.0. The number of hydrogen-bond donors (Lipinski definition) is 1. The quantitative estimate of drug-likeness (QED) is 0.927. The van der Waals surface area contributed by atoms with Crippen LogP contribution >= 0.6 is 0 Å². The average Bonchev–Trinajstić information content (AvgIpc) is 2.65. The van der Waals surface area contributed by atoms with Crippen LogP contribution in [-0.4, -0.2) is 40.8 Å². The summed E-state index contributed by atoms with van der Waals surface area (Å²) in [5.74, 6) is -0.635. The lowest BCUT2D eigenvalue weighted by molar-refractivity contribution is -0.131. The second-order valence-corrected chi connectivity index (χ2v) is 6.11. The number of halogens is 1. The molecule has 0 unspecified atom stereocenters. The lowest BCUT2D eigenvalue weighted by Gasteiger charge is -2.32. The highest BCUT2D eigenvalue weighted by atomic mass is 19.1. The minimum absolute atomic E-state index is 0.0204. The molecule has 0 bridgehead atoms. The van der Waals surface area contributed by atoms with Crippen molar-refractivity contribution >= 4 is 11.8 Å². The maximum absolute atomic E-state index is 13.7. The number of rotatable bonds is 4. The molecule has 0 saturated carbocycles. The number of nitrogens with zero attached hydrogens (tertiary/aromatic N) is 2. The fourth-order valence-corrected chi connectivity index (χ4v) is 2.95. The van der Waals surface area contributed by atoms with Crippen LogP contribution in [0, 0.1) is 5.82 Å².